The molecule has 0 spiro atoms. The van der Waals surface area contributed by atoms with Crippen molar-refractivity contribution in [3.05, 3.63) is 41.5 Å². The van der Waals surface area contributed by atoms with E-state index in [4.69, 9.17) is 14.0 Å². The fourth-order valence-corrected chi connectivity index (χ4v) is 1.98. The number of nitrogens with two attached hydrogens (primary N) is 1. The van der Waals surface area contributed by atoms with Gasteiger partial charge in [0.05, 0.1) is 13.1 Å². The first-order chi connectivity index (χ1) is 8.45. The maximum absolute atomic E-state index is 11.0. The number of nitrogens with one attached hydrogen (secondary N) is 1. The Bertz CT molecular complexity index is 627. The third kappa shape index (κ3) is 3.22. The van der Waals surface area contributed by atoms with Crippen LogP contribution in [0.4, 0.5) is 0 Å². The van der Waals surface area contributed by atoms with Crippen LogP contribution in [0.2, 0.25) is 0 Å². The number of primary sulfonamides is 1. The Balaban J connectivity index is 1.89. The Kier molecular flexibility index (Phi) is 3.55. The first-order valence-corrected chi connectivity index (χ1v) is 6.87. The number of sulfonamides is 1. The average molecular weight is 270 g/mol. The molecular formula is C11H14N2O4S. The van der Waals surface area contributed by atoms with E-state index < -0.39 is 10.0 Å². The minimum atomic E-state index is -3.77. The van der Waals surface area contributed by atoms with Crippen LogP contribution in [-0.4, -0.2) is 8.42 Å². The first-order valence-electron chi connectivity index (χ1n) is 5.33. The van der Waals surface area contributed by atoms with E-state index in [0.29, 0.717) is 18.8 Å². The minimum Gasteiger partial charge on any atom is -0.465 e. The van der Waals surface area contributed by atoms with Gasteiger partial charge in [-0.3, -0.25) is 0 Å². The van der Waals surface area contributed by atoms with Crippen molar-refractivity contribution in [1.82, 2.24) is 5.32 Å². The van der Waals surface area contributed by atoms with Gasteiger partial charge in [0.25, 0.3) is 10.0 Å². The van der Waals surface area contributed by atoms with E-state index in [1.54, 1.807) is 6.07 Å². The molecule has 0 unspecified atom stereocenters. The van der Waals surface area contributed by atoms with Crippen LogP contribution in [0.3, 0.4) is 0 Å². The SMILES string of the molecule is Cc1ccc(CNCc2ccc(S(N)(=O)=O)o2)o1. The minimum absolute atomic E-state index is 0.229. The van der Waals surface area contributed by atoms with E-state index >= 15 is 0 Å². The molecule has 0 radical (unpaired) electrons. The second kappa shape index (κ2) is 4.97. The molecule has 7 heteroatoms. The van der Waals surface area contributed by atoms with E-state index in [1.807, 2.05) is 19.1 Å². The molecule has 2 aromatic rings. The molecule has 3 N–H and O–H groups in total. The van der Waals surface area contributed by atoms with Gasteiger partial charge in [0.2, 0.25) is 5.09 Å². The highest BCUT2D eigenvalue weighted by atomic mass is 32.2. The maximum Gasteiger partial charge on any atom is 0.271 e. The number of aryl methyl sites for hydroxylation is 1. The predicted octanol–water partition coefficient (Wildman–Crippen LogP) is 1.12. The van der Waals surface area contributed by atoms with Gasteiger partial charge >= 0.3 is 0 Å². The molecule has 2 rings (SSSR count). The molecule has 2 aromatic heterocycles. The number of furan rings is 2. The summed E-state index contributed by atoms with van der Waals surface area (Å²) < 4.78 is 32.4. The van der Waals surface area contributed by atoms with Crippen LogP contribution in [0, 0.1) is 6.92 Å². The quantitative estimate of drug-likeness (QED) is 0.848. The second-order valence-corrected chi connectivity index (χ2v) is 5.37. The molecule has 0 fully saturated rings. The van der Waals surface area contributed by atoms with Gasteiger partial charge in [0, 0.05) is 0 Å². The molecule has 2 heterocycles. The summed E-state index contributed by atoms with van der Waals surface area (Å²) in [4.78, 5) is 0. The zero-order valence-corrected chi connectivity index (χ0v) is 10.7. The van der Waals surface area contributed by atoms with Gasteiger partial charge in [-0.2, -0.15) is 0 Å². The molecule has 0 atom stereocenters. The lowest BCUT2D eigenvalue weighted by Gasteiger charge is -1.99. The van der Waals surface area contributed by atoms with Gasteiger partial charge in [-0.1, -0.05) is 0 Å². The summed E-state index contributed by atoms with van der Waals surface area (Å²) in [7, 11) is -3.77. The van der Waals surface area contributed by atoms with Gasteiger partial charge < -0.3 is 14.2 Å². The van der Waals surface area contributed by atoms with Crippen molar-refractivity contribution in [3.63, 3.8) is 0 Å². The Labute approximate surface area is 105 Å². The van der Waals surface area contributed by atoms with Crippen molar-refractivity contribution < 1.29 is 17.3 Å². The molecule has 0 amide bonds. The molecule has 6 nitrogen and oxygen atoms in total. The fourth-order valence-electron chi connectivity index (χ4n) is 1.50. The van der Waals surface area contributed by atoms with Gasteiger partial charge in [0.15, 0.2) is 0 Å². The van der Waals surface area contributed by atoms with Crippen LogP contribution in [0.25, 0.3) is 0 Å². The first kappa shape index (κ1) is 12.9. The summed E-state index contributed by atoms with van der Waals surface area (Å²) in [5, 5.41) is 7.78. The van der Waals surface area contributed by atoms with Crippen molar-refractivity contribution in [1.29, 1.82) is 0 Å². The van der Waals surface area contributed by atoms with E-state index in [9.17, 15) is 8.42 Å². The van der Waals surface area contributed by atoms with Crippen molar-refractivity contribution in [2.75, 3.05) is 0 Å². The zero-order valence-electron chi connectivity index (χ0n) is 9.84. The Hall–Kier alpha value is -1.57. The summed E-state index contributed by atoms with van der Waals surface area (Å²) in [6.45, 7) is 2.81. The van der Waals surface area contributed by atoms with Crippen LogP contribution in [-0.2, 0) is 23.1 Å². The summed E-state index contributed by atoms with van der Waals surface area (Å²) in [6, 6.07) is 6.66. The summed E-state index contributed by atoms with van der Waals surface area (Å²) in [5.74, 6) is 2.16. The average Bonchev–Trinajstić information content (AvgIpc) is 2.87. The standard InChI is InChI=1S/C11H14N2O4S/c1-8-2-3-9(16-8)6-13-7-10-4-5-11(17-10)18(12,14)15/h2-5,13H,6-7H2,1H3,(H2,12,14,15). The molecule has 0 aliphatic rings. The molecule has 0 saturated heterocycles. The molecule has 18 heavy (non-hydrogen) atoms. The Morgan fingerprint density at radius 2 is 1.72 bits per heavy atom. The van der Waals surface area contributed by atoms with Crippen LogP contribution < -0.4 is 10.5 Å². The van der Waals surface area contributed by atoms with E-state index in [2.05, 4.69) is 5.32 Å². The topological polar surface area (TPSA) is 98.5 Å². The van der Waals surface area contributed by atoms with Crippen molar-refractivity contribution in [3.8, 4) is 0 Å². The third-order valence-electron chi connectivity index (χ3n) is 2.31. The normalized spacial score (nSPS) is 11.9. The summed E-state index contributed by atoms with van der Waals surface area (Å²) in [6.07, 6.45) is 0. The predicted molar refractivity (Wildman–Crippen MR) is 64.1 cm³/mol. The molecule has 0 saturated carbocycles. The largest absolute Gasteiger partial charge is 0.465 e. The molecule has 0 aromatic carbocycles. The van der Waals surface area contributed by atoms with Gasteiger partial charge in [-0.15, -0.1) is 0 Å². The summed E-state index contributed by atoms with van der Waals surface area (Å²) in [5.41, 5.74) is 0. The van der Waals surface area contributed by atoms with Gasteiger partial charge in [0.1, 0.15) is 17.3 Å². The molecule has 98 valence electrons. The highest BCUT2D eigenvalue weighted by molar-refractivity contribution is 7.89. The van der Waals surface area contributed by atoms with Crippen LogP contribution in [0.5, 0.6) is 0 Å². The zero-order chi connectivity index (χ0) is 13.2. The highest BCUT2D eigenvalue weighted by Crippen LogP contribution is 2.12. The van der Waals surface area contributed by atoms with Crippen molar-refractivity contribution in [2.45, 2.75) is 25.1 Å². The van der Waals surface area contributed by atoms with Crippen LogP contribution in [0.1, 0.15) is 17.3 Å². The molecule has 0 aliphatic heterocycles. The molecular weight excluding hydrogens is 256 g/mol. The monoisotopic (exact) mass is 270 g/mol. The van der Waals surface area contributed by atoms with E-state index in [0.717, 1.165) is 11.5 Å². The molecule has 0 aliphatic carbocycles. The number of hydrogen-bond acceptors (Lipinski definition) is 5. The van der Waals surface area contributed by atoms with Crippen LogP contribution >= 0.6 is 0 Å². The lowest BCUT2D eigenvalue weighted by atomic mass is 10.4. The van der Waals surface area contributed by atoms with Crippen LogP contribution in [0.15, 0.2) is 38.2 Å². The smallest absolute Gasteiger partial charge is 0.271 e. The van der Waals surface area contributed by atoms with Crippen molar-refractivity contribution >= 4 is 10.0 Å². The lowest BCUT2D eigenvalue weighted by molar-refractivity contribution is 0.394. The Morgan fingerprint density at radius 1 is 1.11 bits per heavy atom. The van der Waals surface area contributed by atoms with Gasteiger partial charge in [-0.05, 0) is 31.2 Å². The Morgan fingerprint density at radius 3 is 2.22 bits per heavy atom. The number of hydrogen-bond donors (Lipinski definition) is 2. The molecule has 0 bridgehead atoms. The van der Waals surface area contributed by atoms with E-state index in [1.165, 1.54) is 6.07 Å². The maximum atomic E-state index is 11.0. The second-order valence-electron chi connectivity index (χ2n) is 3.88. The lowest BCUT2D eigenvalue weighted by Crippen LogP contribution is -2.12. The van der Waals surface area contributed by atoms with Gasteiger partial charge in [-0.25, -0.2) is 13.6 Å². The highest BCUT2D eigenvalue weighted by Gasteiger charge is 2.12. The summed E-state index contributed by atoms with van der Waals surface area (Å²) >= 11 is 0. The van der Waals surface area contributed by atoms with E-state index in [-0.39, 0.29) is 5.09 Å². The third-order valence-corrected chi connectivity index (χ3v) is 3.09. The number of rotatable bonds is 5. The van der Waals surface area contributed by atoms with Crippen molar-refractivity contribution in [2.24, 2.45) is 5.14 Å². The fraction of sp³-hybridized carbons (Fsp3) is 0.273.